The van der Waals surface area contributed by atoms with Crippen LogP contribution in [0.5, 0.6) is 0 Å². The Morgan fingerprint density at radius 1 is 1.50 bits per heavy atom. The maximum atomic E-state index is 12.2. The number of rotatable bonds is 6. The predicted molar refractivity (Wildman–Crippen MR) is 81.5 cm³/mol. The summed E-state index contributed by atoms with van der Waals surface area (Å²) < 4.78 is 1.88. The van der Waals surface area contributed by atoms with Gasteiger partial charge < -0.3 is 11.1 Å². The third-order valence-corrected chi connectivity index (χ3v) is 3.83. The number of nitrogens with one attached hydrogen (secondary N) is 1. The van der Waals surface area contributed by atoms with Gasteiger partial charge in [-0.1, -0.05) is 13.3 Å². The molecule has 0 aromatic carbocycles. The molecule has 114 valence electrons. The van der Waals surface area contributed by atoms with E-state index < -0.39 is 5.54 Å². The number of aryl methyl sites for hydroxylation is 2. The highest BCUT2D eigenvalue weighted by Gasteiger charge is 2.28. The molecular weight excluding hydrogens is 252 g/mol. The van der Waals surface area contributed by atoms with Crippen LogP contribution in [0, 0.1) is 13.8 Å². The molecule has 0 bridgehead atoms. The minimum absolute atomic E-state index is 0.0452. The van der Waals surface area contributed by atoms with E-state index in [2.05, 4.69) is 10.4 Å². The van der Waals surface area contributed by atoms with Gasteiger partial charge in [0, 0.05) is 18.8 Å². The molecule has 1 aromatic heterocycles. The van der Waals surface area contributed by atoms with Crippen molar-refractivity contribution in [2.24, 2.45) is 12.8 Å². The maximum Gasteiger partial charge on any atom is 0.240 e. The first-order valence-electron chi connectivity index (χ1n) is 7.28. The number of hydrogen-bond donors (Lipinski definition) is 2. The Bertz CT molecular complexity index is 476. The third kappa shape index (κ3) is 3.82. The monoisotopic (exact) mass is 280 g/mol. The Morgan fingerprint density at radius 2 is 2.10 bits per heavy atom. The lowest BCUT2D eigenvalue weighted by Gasteiger charge is -2.25. The fraction of sp³-hybridized carbons (Fsp3) is 0.733. The molecule has 1 rings (SSSR count). The lowest BCUT2D eigenvalue weighted by Crippen LogP contribution is -2.54. The minimum Gasteiger partial charge on any atom is -0.352 e. The molecule has 1 heterocycles. The summed E-state index contributed by atoms with van der Waals surface area (Å²) in [6.45, 7) is 9.88. The molecule has 20 heavy (non-hydrogen) atoms. The van der Waals surface area contributed by atoms with Crippen molar-refractivity contribution in [3.63, 3.8) is 0 Å². The van der Waals surface area contributed by atoms with Crippen LogP contribution in [-0.2, 0) is 18.3 Å². The zero-order valence-electron chi connectivity index (χ0n) is 13.6. The van der Waals surface area contributed by atoms with Gasteiger partial charge in [0.05, 0.1) is 11.2 Å². The first kappa shape index (κ1) is 16.7. The van der Waals surface area contributed by atoms with Crippen LogP contribution in [0.3, 0.4) is 0 Å². The van der Waals surface area contributed by atoms with E-state index in [0.717, 1.165) is 24.2 Å². The summed E-state index contributed by atoms with van der Waals surface area (Å²) >= 11 is 0. The fourth-order valence-corrected chi connectivity index (χ4v) is 2.49. The van der Waals surface area contributed by atoms with Crippen molar-refractivity contribution < 1.29 is 4.79 Å². The summed E-state index contributed by atoms with van der Waals surface area (Å²) in [5.41, 5.74) is 8.63. The molecule has 0 spiro atoms. The average molecular weight is 280 g/mol. The van der Waals surface area contributed by atoms with E-state index in [1.807, 2.05) is 39.4 Å². The van der Waals surface area contributed by atoms with Crippen molar-refractivity contribution in [3.05, 3.63) is 17.0 Å². The Hall–Kier alpha value is -1.36. The van der Waals surface area contributed by atoms with Gasteiger partial charge in [0.1, 0.15) is 0 Å². The summed E-state index contributed by atoms with van der Waals surface area (Å²) in [4.78, 5) is 12.2. The molecule has 2 unspecified atom stereocenters. The highest BCUT2D eigenvalue weighted by Crippen LogP contribution is 2.15. The second-order valence-corrected chi connectivity index (χ2v) is 6.02. The minimum atomic E-state index is -0.790. The molecular formula is C15H28N4O. The molecule has 5 nitrogen and oxygen atoms in total. The number of nitrogens with zero attached hydrogens (tertiary/aromatic N) is 2. The van der Waals surface area contributed by atoms with E-state index >= 15 is 0 Å². The number of amides is 1. The van der Waals surface area contributed by atoms with Gasteiger partial charge in [-0.15, -0.1) is 0 Å². The van der Waals surface area contributed by atoms with Crippen LogP contribution in [0.25, 0.3) is 0 Å². The van der Waals surface area contributed by atoms with Crippen LogP contribution < -0.4 is 11.1 Å². The second kappa shape index (κ2) is 6.39. The summed E-state index contributed by atoms with van der Waals surface area (Å²) in [6.07, 6.45) is 2.37. The molecule has 0 aliphatic carbocycles. The number of carbonyl (C=O) groups excluding carboxylic acids is 1. The van der Waals surface area contributed by atoms with E-state index in [1.165, 1.54) is 5.56 Å². The molecule has 0 aliphatic heterocycles. The van der Waals surface area contributed by atoms with Crippen LogP contribution in [0.1, 0.15) is 50.6 Å². The molecule has 1 aromatic rings. The molecule has 0 radical (unpaired) electrons. The summed E-state index contributed by atoms with van der Waals surface area (Å²) in [5, 5.41) is 7.42. The van der Waals surface area contributed by atoms with E-state index in [0.29, 0.717) is 6.42 Å². The summed E-state index contributed by atoms with van der Waals surface area (Å²) in [7, 11) is 1.94. The van der Waals surface area contributed by atoms with Gasteiger partial charge >= 0.3 is 0 Å². The normalized spacial score (nSPS) is 15.8. The zero-order valence-corrected chi connectivity index (χ0v) is 13.6. The summed E-state index contributed by atoms with van der Waals surface area (Å²) in [5.74, 6) is -0.0777. The van der Waals surface area contributed by atoms with Crippen molar-refractivity contribution in [3.8, 4) is 0 Å². The quantitative estimate of drug-likeness (QED) is 0.831. The van der Waals surface area contributed by atoms with Gasteiger partial charge in [-0.3, -0.25) is 9.48 Å². The Labute approximate surface area is 121 Å². The molecule has 0 aliphatic rings. The highest BCUT2D eigenvalue weighted by molar-refractivity contribution is 5.85. The van der Waals surface area contributed by atoms with Crippen LogP contribution in [0.2, 0.25) is 0 Å². The van der Waals surface area contributed by atoms with Gasteiger partial charge in [-0.2, -0.15) is 5.10 Å². The maximum absolute atomic E-state index is 12.2. The molecule has 0 fully saturated rings. The predicted octanol–water partition coefficient (Wildman–Crippen LogP) is 1.60. The Kier molecular flexibility index (Phi) is 5.34. The molecule has 0 saturated heterocycles. The molecule has 5 heteroatoms. The van der Waals surface area contributed by atoms with Crippen molar-refractivity contribution >= 4 is 5.91 Å². The van der Waals surface area contributed by atoms with Gasteiger partial charge in [0.2, 0.25) is 5.91 Å². The van der Waals surface area contributed by atoms with Crippen molar-refractivity contribution in [1.29, 1.82) is 0 Å². The van der Waals surface area contributed by atoms with Crippen LogP contribution in [0.4, 0.5) is 0 Å². The smallest absolute Gasteiger partial charge is 0.240 e. The SMILES string of the molecule is CCCC(C)(N)C(=O)NC(C)Cc1c(C)nn(C)c1C. The third-order valence-electron chi connectivity index (χ3n) is 3.83. The van der Waals surface area contributed by atoms with E-state index in [9.17, 15) is 4.79 Å². The van der Waals surface area contributed by atoms with E-state index in [1.54, 1.807) is 6.92 Å². The van der Waals surface area contributed by atoms with Crippen LogP contribution >= 0.6 is 0 Å². The molecule has 1 amide bonds. The van der Waals surface area contributed by atoms with Gasteiger partial charge in [0.25, 0.3) is 0 Å². The highest BCUT2D eigenvalue weighted by atomic mass is 16.2. The largest absolute Gasteiger partial charge is 0.352 e. The first-order chi connectivity index (χ1) is 9.19. The lowest BCUT2D eigenvalue weighted by atomic mass is 9.95. The zero-order chi connectivity index (χ0) is 15.5. The van der Waals surface area contributed by atoms with Gasteiger partial charge in [-0.05, 0) is 46.1 Å². The molecule has 0 saturated carbocycles. The van der Waals surface area contributed by atoms with Crippen LogP contribution in [0.15, 0.2) is 0 Å². The Morgan fingerprint density at radius 3 is 2.55 bits per heavy atom. The van der Waals surface area contributed by atoms with E-state index in [-0.39, 0.29) is 11.9 Å². The molecule has 3 N–H and O–H groups in total. The lowest BCUT2D eigenvalue weighted by molar-refractivity contribution is -0.126. The standard InChI is InChI=1S/C15H28N4O/c1-7-8-15(5,16)14(20)17-10(2)9-13-11(3)18-19(6)12(13)4/h10H,7-9,16H2,1-6H3,(H,17,20). The van der Waals surface area contributed by atoms with Crippen molar-refractivity contribution in [2.45, 2.75) is 65.5 Å². The Balaban J connectivity index is 2.68. The number of nitrogens with two attached hydrogens (primary N) is 1. The molecule has 2 atom stereocenters. The van der Waals surface area contributed by atoms with E-state index in [4.69, 9.17) is 5.73 Å². The number of aromatic nitrogens is 2. The second-order valence-electron chi connectivity index (χ2n) is 6.02. The number of carbonyl (C=O) groups is 1. The summed E-state index contributed by atoms with van der Waals surface area (Å²) in [6, 6.07) is 0.0452. The van der Waals surface area contributed by atoms with Crippen molar-refractivity contribution in [2.75, 3.05) is 0 Å². The first-order valence-corrected chi connectivity index (χ1v) is 7.28. The van der Waals surface area contributed by atoms with Gasteiger partial charge in [-0.25, -0.2) is 0 Å². The topological polar surface area (TPSA) is 72.9 Å². The average Bonchev–Trinajstić information content (AvgIpc) is 2.56. The fourth-order valence-electron chi connectivity index (χ4n) is 2.49. The number of hydrogen-bond acceptors (Lipinski definition) is 3. The van der Waals surface area contributed by atoms with Crippen molar-refractivity contribution in [1.82, 2.24) is 15.1 Å². The van der Waals surface area contributed by atoms with Gasteiger partial charge in [0.15, 0.2) is 0 Å². The van der Waals surface area contributed by atoms with Crippen LogP contribution in [-0.4, -0.2) is 27.3 Å².